The van der Waals surface area contributed by atoms with Gasteiger partial charge in [-0.05, 0) is 13.8 Å². The highest BCUT2D eigenvalue weighted by Gasteiger charge is 2.16. The van der Waals surface area contributed by atoms with Gasteiger partial charge in [0.2, 0.25) is 0 Å². The molecule has 0 spiro atoms. The maximum absolute atomic E-state index is 9.59. The van der Waals surface area contributed by atoms with E-state index in [0.29, 0.717) is 12.4 Å². The molecule has 1 heterocycles. The van der Waals surface area contributed by atoms with Gasteiger partial charge in [0.05, 0.1) is 25.5 Å². The lowest BCUT2D eigenvalue weighted by molar-refractivity contribution is 0.0574. The molecule has 0 amide bonds. The molecule has 0 bridgehead atoms. The second-order valence-corrected chi connectivity index (χ2v) is 3.81. The topological polar surface area (TPSA) is 59.3 Å². The highest BCUT2D eigenvalue weighted by molar-refractivity contribution is 5.50. The molecular formula is C9H17N3O2. The number of nitrogens with zero attached hydrogens (tertiary/aromatic N) is 2. The van der Waals surface area contributed by atoms with E-state index in [1.165, 1.54) is 0 Å². The van der Waals surface area contributed by atoms with Crippen LogP contribution in [0.25, 0.3) is 0 Å². The predicted molar refractivity (Wildman–Crippen MR) is 54.6 cm³/mol. The van der Waals surface area contributed by atoms with Gasteiger partial charge in [0.25, 0.3) is 5.88 Å². The number of methoxy groups -OCH3 is 1. The Kier molecular flexibility index (Phi) is 3.00. The Morgan fingerprint density at radius 3 is 2.64 bits per heavy atom. The van der Waals surface area contributed by atoms with Crippen molar-refractivity contribution in [3.8, 4) is 5.88 Å². The molecule has 0 radical (unpaired) electrons. The standard InChI is InChI=1S/C9H17N3O2/c1-9(2,13)6-12-5-7(10-3)8(11-12)14-4/h5,10,13H,6H2,1-4H3. The molecule has 0 aliphatic rings. The maximum Gasteiger partial charge on any atom is 0.256 e. The summed E-state index contributed by atoms with van der Waals surface area (Å²) in [6.07, 6.45) is 1.80. The molecule has 0 fully saturated rings. The molecular weight excluding hydrogens is 182 g/mol. The van der Waals surface area contributed by atoms with Crippen molar-refractivity contribution in [3.05, 3.63) is 6.20 Å². The fourth-order valence-corrected chi connectivity index (χ4v) is 1.20. The van der Waals surface area contributed by atoms with E-state index in [1.807, 2.05) is 0 Å². The molecule has 0 unspecified atom stereocenters. The molecule has 0 atom stereocenters. The van der Waals surface area contributed by atoms with E-state index >= 15 is 0 Å². The summed E-state index contributed by atoms with van der Waals surface area (Å²) in [6, 6.07) is 0. The van der Waals surface area contributed by atoms with E-state index in [9.17, 15) is 5.11 Å². The van der Waals surface area contributed by atoms with E-state index in [1.54, 1.807) is 38.9 Å². The van der Waals surface area contributed by atoms with Gasteiger partial charge in [-0.1, -0.05) is 0 Å². The number of anilines is 1. The van der Waals surface area contributed by atoms with Gasteiger partial charge in [-0.2, -0.15) is 0 Å². The number of aromatic nitrogens is 2. The molecule has 1 aromatic heterocycles. The minimum absolute atomic E-state index is 0.436. The average molecular weight is 199 g/mol. The molecule has 0 saturated carbocycles. The highest BCUT2D eigenvalue weighted by atomic mass is 16.5. The van der Waals surface area contributed by atoms with Crippen molar-refractivity contribution in [3.63, 3.8) is 0 Å². The normalized spacial score (nSPS) is 11.5. The average Bonchev–Trinajstić information content (AvgIpc) is 2.43. The van der Waals surface area contributed by atoms with Crippen LogP contribution in [0.3, 0.4) is 0 Å². The number of ether oxygens (including phenoxy) is 1. The van der Waals surface area contributed by atoms with E-state index < -0.39 is 5.60 Å². The van der Waals surface area contributed by atoms with Gasteiger partial charge in [0, 0.05) is 7.05 Å². The van der Waals surface area contributed by atoms with Crippen LogP contribution in [0.1, 0.15) is 13.8 Å². The molecule has 80 valence electrons. The van der Waals surface area contributed by atoms with Crippen molar-refractivity contribution < 1.29 is 9.84 Å². The molecule has 0 saturated heterocycles. The Morgan fingerprint density at radius 1 is 1.64 bits per heavy atom. The SMILES string of the molecule is CNc1cn(CC(C)(C)O)nc1OC. The van der Waals surface area contributed by atoms with E-state index in [2.05, 4.69) is 10.4 Å². The number of aliphatic hydroxyl groups is 1. The third-order valence-corrected chi connectivity index (χ3v) is 1.74. The zero-order chi connectivity index (χ0) is 10.8. The van der Waals surface area contributed by atoms with Crippen LogP contribution in [0.2, 0.25) is 0 Å². The molecule has 2 N–H and O–H groups in total. The first-order valence-corrected chi connectivity index (χ1v) is 4.48. The first-order chi connectivity index (χ1) is 6.46. The monoisotopic (exact) mass is 199 g/mol. The van der Waals surface area contributed by atoms with Crippen molar-refractivity contribution in [2.45, 2.75) is 26.0 Å². The second kappa shape index (κ2) is 3.88. The summed E-state index contributed by atoms with van der Waals surface area (Å²) < 4.78 is 6.71. The zero-order valence-corrected chi connectivity index (χ0v) is 9.03. The zero-order valence-electron chi connectivity index (χ0n) is 9.03. The van der Waals surface area contributed by atoms with Crippen LogP contribution in [0.5, 0.6) is 5.88 Å². The lowest BCUT2D eigenvalue weighted by Crippen LogP contribution is -2.26. The van der Waals surface area contributed by atoms with Crippen LogP contribution in [0.15, 0.2) is 6.20 Å². The minimum Gasteiger partial charge on any atom is -0.478 e. The molecule has 0 aromatic carbocycles. The fourth-order valence-electron chi connectivity index (χ4n) is 1.20. The molecule has 1 aromatic rings. The van der Waals surface area contributed by atoms with E-state index in [4.69, 9.17) is 4.74 Å². The van der Waals surface area contributed by atoms with Gasteiger partial charge in [0.1, 0.15) is 5.69 Å². The highest BCUT2D eigenvalue weighted by Crippen LogP contribution is 2.21. The third kappa shape index (κ3) is 2.63. The summed E-state index contributed by atoms with van der Waals surface area (Å²) in [5.74, 6) is 0.539. The van der Waals surface area contributed by atoms with Crippen LogP contribution < -0.4 is 10.1 Å². The first-order valence-electron chi connectivity index (χ1n) is 4.48. The lowest BCUT2D eigenvalue weighted by Gasteiger charge is -2.16. The second-order valence-electron chi connectivity index (χ2n) is 3.81. The van der Waals surface area contributed by atoms with Gasteiger partial charge in [0.15, 0.2) is 0 Å². The summed E-state index contributed by atoms with van der Waals surface area (Å²) in [6.45, 7) is 3.91. The van der Waals surface area contributed by atoms with Crippen molar-refractivity contribution in [1.82, 2.24) is 9.78 Å². The third-order valence-electron chi connectivity index (χ3n) is 1.74. The summed E-state index contributed by atoms with van der Waals surface area (Å²) in [5.41, 5.74) is 0.0407. The lowest BCUT2D eigenvalue weighted by atomic mass is 10.1. The summed E-state index contributed by atoms with van der Waals surface area (Å²) in [7, 11) is 3.37. The molecule has 1 rings (SSSR count). The molecule has 0 aliphatic heterocycles. The van der Waals surface area contributed by atoms with Crippen LogP contribution in [0.4, 0.5) is 5.69 Å². The van der Waals surface area contributed by atoms with Crippen molar-refractivity contribution >= 4 is 5.69 Å². The van der Waals surface area contributed by atoms with Gasteiger partial charge in [-0.15, -0.1) is 5.10 Å². The van der Waals surface area contributed by atoms with Crippen molar-refractivity contribution in [1.29, 1.82) is 0 Å². The number of hydrogen-bond donors (Lipinski definition) is 2. The van der Waals surface area contributed by atoms with Crippen LogP contribution >= 0.6 is 0 Å². The number of nitrogens with one attached hydrogen (secondary N) is 1. The van der Waals surface area contributed by atoms with E-state index in [0.717, 1.165) is 5.69 Å². The van der Waals surface area contributed by atoms with Crippen LogP contribution in [0, 0.1) is 0 Å². The summed E-state index contributed by atoms with van der Waals surface area (Å²) in [4.78, 5) is 0. The molecule has 5 heteroatoms. The van der Waals surface area contributed by atoms with Gasteiger partial charge in [-0.3, -0.25) is 4.68 Å². The van der Waals surface area contributed by atoms with Crippen molar-refractivity contribution in [2.24, 2.45) is 0 Å². The Hall–Kier alpha value is -1.23. The Balaban J connectivity index is 2.84. The van der Waals surface area contributed by atoms with Crippen LogP contribution in [-0.4, -0.2) is 34.6 Å². The fraction of sp³-hybridized carbons (Fsp3) is 0.667. The smallest absolute Gasteiger partial charge is 0.256 e. The number of hydrogen-bond acceptors (Lipinski definition) is 4. The van der Waals surface area contributed by atoms with Gasteiger partial charge >= 0.3 is 0 Å². The Morgan fingerprint density at radius 2 is 2.29 bits per heavy atom. The molecule has 14 heavy (non-hydrogen) atoms. The van der Waals surface area contributed by atoms with Gasteiger partial charge in [-0.25, -0.2) is 0 Å². The quantitative estimate of drug-likeness (QED) is 0.749. The summed E-state index contributed by atoms with van der Waals surface area (Å²) in [5, 5.41) is 16.7. The Labute approximate surface area is 83.7 Å². The largest absolute Gasteiger partial charge is 0.478 e. The van der Waals surface area contributed by atoms with Crippen LogP contribution in [-0.2, 0) is 6.54 Å². The predicted octanol–water partition coefficient (Wildman–Crippen LogP) is 0.704. The molecule has 0 aliphatic carbocycles. The number of rotatable bonds is 4. The first kappa shape index (κ1) is 10.8. The maximum atomic E-state index is 9.59. The van der Waals surface area contributed by atoms with E-state index in [-0.39, 0.29) is 0 Å². The van der Waals surface area contributed by atoms with Crippen molar-refractivity contribution in [2.75, 3.05) is 19.5 Å². The summed E-state index contributed by atoms with van der Waals surface area (Å²) >= 11 is 0. The van der Waals surface area contributed by atoms with Gasteiger partial charge < -0.3 is 15.2 Å². The Bertz CT molecular complexity index is 280. The minimum atomic E-state index is -0.776. The molecule has 5 nitrogen and oxygen atoms in total.